The van der Waals surface area contributed by atoms with E-state index in [1.807, 2.05) is 37.3 Å². The van der Waals surface area contributed by atoms with E-state index in [0.717, 1.165) is 61.3 Å². The van der Waals surface area contributed by atoms with E-state index in [2.05, 4.69) is 28.4 Å². The highest BCUT2D eigenvalue weighted by Gasteiger charge is 2.40. The summed E-state index contributed by atoms with van der Waals surface area (Å²) < 4.78 is 2.97. The van der Waals surface area contributed by atoms with Gasteiger partial charge in [0.05, 0.1) is 5.56 Å². The Labute approximate surface area is 188 Å². The fourth-order valence-corrected chi connectivity index (χ4v) is 5.33. The Morgan fingerprint density at radius 3 is 2.90 bits per heavy atom. The van der Waals surface area contributed by atoms with Gasteiger partial charge < -0.3 is 15.5 Å². The molecular formula is C23H32N6OS. The van der Waals surface area contributed by atoms with Crippen molar-refractivity contribution >= 4 is 29.5 Å². The summed E-state index contributed by atoms with van der Waals surface area (Å²) >= 11 is 1.24. The van der Waals surface area contributed by atoms with E-state index >= 15 is 0 Å². The minimum Gasteiger partial charge on any atom is -0.355 e. The lowest BCUT2D eigenvalue weighted by atomic mass is 9.93. The molecule has 0 spiro atoms. The van der Waals surface area contributed by atoms with E-state index in [0.29, 0.717) is 18.0 Å². The number of nitrogens with two attached hydrogens (primary N) is 1. The number of nitrogens with zero attached hydrogens (tertiary/aromatic N) is 4. The molecule has 7 nitrogen and oxygen atoms in total. The first-order valence-electron chi connectivity index (χ1n) is 11.0. The number of hydrogen-bond donors (Lipinski definition) is 2. The maximum Gasteiger partial charge on any atom is 0.265 e. The molecule has 2 aromatic heterocycles. The lowest BCUT2D eigenvalue weighted by Gasteiger charge is -2.33. The highest BCUT2D eigenvalue weighted by atomic mass is 32.2. The molecule has 0 radical (unpaired) electrons. The smallest absolute Gasteiger partial charge is 0.265 e. The van der Waals surface area contributed by atoms with Gasteiger partial charge in [-0.25, -0.2) is 9.97 Å². The minimum atomic E-state index is -0.146. The third-order valence-electron chi connectivity index (χ3n) is 6.19. The predicted molar refractivity (Wildman–Crippen MR) is 127 cm³/mol. The minimum absolute atomic E-state index is 0.0481. The van der Waals surface area contributed by atoms with E-state index in [4.69, 9.17) is 15.7 Å². The molecule has 3 N–H and O–H groups in total. The van der Waals surface area contributed by atoms with Gasteiger partial charge in [0.1, 0.15) is 16.7 Å². The maximum atomic E-state index is 13.1. The molecule has 31 heavy (non-hydrogen) atoms. The third kappa shape index (κ3) is 4.80. The van der Waals surface area contributed by atoms with Crippen LogP contribution in [0.2, 0.25) is 0 Å². The van der Waals surface area contributed by atoms with E-state index in [1.54, 1.807) is 0 Å². The maximum absolute atomic E-state index is 13.1. The number of fused-ring (bicyclic) bond motifs is 6. The van der Waals surface area contributed by atoms with Crippen molar-refractivity contribution in [1.82, 2.24) is 14.7 Å². The van der Waals surface area contributed by atoms with Crippen molar-refractivity contribution in [3.63, 3.8) is 0 Å². The first-order valence-corrected chi connectivity index (χ1v) is 11.8. The average Bonchev–Trinajstić information content (AvgIpc) is 3.05. The molecule has 8 heteroatoms. The van der Waals surface area contributed by atoms with Gasteiger partial charge in [-0.05, 0) is 70.2 Å². The SMILES string of the molecule is Cc1ccc2c(n1)N1CC(CCCN(CCN)c3cccc(n3)SNC2=O)CC1(C)C. The molecule has 2 aromatic rings. The Hall–Kier alpha value is -2.32. The number of amides is 1. The highest BCUT2D eigenvalue weighted by Crippen LogP contribution is 2.39. The van der Waals surface area contributed by atoms with Crippen LogP contribution in [0.1, 0.15) is 49.2 Å². The van der Waals surface area contributed by atoms with Crippen LogP contribution in [-0.4, -0.2) is 47.6 Å². The van der Waals surface area contributed by atoms with Crippen molar-refractivity contribution in [3.05, 3.63) is 41.6 Å². The fourth-order valence-electron chi connectivity index (χ4n) is 4.74. The normalized spacial score (nSPS) is 21.2. The lowest BCUT2D eigenvalue weighted by molar-refractivity contribution is 0.0984. The number of nitrogens with one attached hydrogen (secondary N) is 1. The highest BCUT2D eigenvalue weighted by molar-refractivity contribution is 7.97. The van der Waals surface area contributed by atoms with E-state index in [9.17, 15) is 4.79 Å². The molecule has 4 bridgehead atoms. The van der Waals surface area contributed by atoms with E-state index in [-0.39, 0.29) is 11.4 Å². The summed E-state index contributed by atoms with van der Waals surface area (Å²) in [6, 6.07) is 9.70. The second kappa shape index (κ2) is 9.04. The van der Waals surface area contributed by atoms with Gasteiger partial charge in [0, 0.05) is 49.4 Å². The summed E-state index contributed by atoms with van der Waals surface area (Å²) in [4.78, 5) is 27.3. The van der Waals surface area contributed by atoms with Crippen molar-refractivity contribution < 1.29 is 4.79 Å². The van der Waals surface area contributed by atoms with Gasteiger partial charge in [-0.1, -0.05) is 6.07 Å². The number of pyridine rings is 2. The van der Waals surface area contributed by atoms with E-state index in [1.165, 1.54) is 11.9 Å². The summed E-state index contributed by atoms with van der Waals surface area (Å²) in [5.74, 6) is 2.11. The number of carbonyl (C=O) groups is 1. The number of anilines is 2. The summed E-state index contributed by atoms with van der Waals surface area (Å²) in [6.45, 7) is 9.68. The molecule has 1 amide bonds. The monoisotopic (exact) mass is 440 g/mol. The molecule has 1 saturated heterocycles. The quantitative estimate of drug-likeness (QED) is 0.692. The molecule has 4 heterocycles. The zero-order valence-corrected chi connectivity index (χ0v) is 19.4. The zero-order valence-electron chi connectivity index (χ0n) is 18.6. The number of rotatable bonds is 2. The van der Waals surface area contributed by atoms with Crippen LogP contribution >= 0.6 is 11.9 Å². The van der Waals surface area contributed by atoms with Gasteiger partial charge in [-0.15, -0.1) is 0 Å². The van der Waals surface area contributed by atoms with Crippen LogP contribution < -0.4 is 20.3 Å². The van der Waals surface area contributed by atoms with Gasteiger partial charge in [0.2, 0.25) is 0 Å². The second-order valence-corrected chi connectivity index (χ2v) is 9.93. The van der Waals surface area contributed by atoms with Crippen molar-refractivity contribution in [1.29, 1.82) is 0 Å². The standard InChI is InChI=1S/C23H32N6OS/c1-16-9-10-18-21(25-16)29-15-17(14-23(29,2)3)6-5-12-28(13-11-24)19-7-4-8-20(26-19)31-27-22(18)30/h4,7-10,17H,5-6,11-15,24H2,1-3H3,(H,27,30). The summed E-state index contributed by atoms with van der Waals surface area (Å²) in [7, 11) is 0. The Bertz CT molecular complexity index is 949. The van der Waals surface area contributed by atoms with Crippen molar-refractivity contribution in [3.8, 4) is 0 Å². The number of hydrogen-bond acceptors (Lipinski definition) is 7. The van der Waals surface area contributed by atoms with Crippen LogP contribution in [0.15, 0.2) is 35.4 Å². The van der Waals surface area contributed by atoms with Crippen LogP contribution in [0.4, 0.5) is 11.6 Å². The molecule has 1 fully saturated rings. The molecule has 2 aliphatic rings. The molecule has 1 atom stereocenters. The molecule has 4 rings (SSSR count). The van der Waals surface area contributed by atoms with Crippen molar-refractivity contribution in [2.75, 3.05) is 36.0 Å². The Balaban J connectivity index is 1.70. The Morgan fingerprint density at radius 1 is 1.26 bits per heavy atom. The average molecular weight is 441 g/mol. The van der Waals surface area contributed by atoms with Crippen LogP contribution in [0.25, 0.3) is 0 Å². The first-order chi connectivity index (χ1) is 14.9. The summed E-state index contributed by atoms with van der Waals surface area (Å²) in [6.07, 6.45) is 3.30. The van der Waals surface area contributed by atoms with Crippen molar-refractivity contribution in [2.45, 2.75) is 50.6 Å². The lowest BCUT2D eigenvalue weighted by Crippen LogP contribution is -2.40. The van der Waals surface area contributed by atoms with Crippen LogP contribution in [-0.2, 0) is 0 Å². The third-order valence-corrected chi connectivity index (χ3v) is 6.92. The largest absolute Gasteiger partial charge is 0.355 e. The van der Waals surface area contributed by atoms with E-state index < -0.39 is 0 Å². The van der Waals surface area contributed by atoms with Crippen molar-refractivity contribution in [2.24, 2.45) is 11.7 Å². The van der Waals surface area contributed by atoms with Gasteiger partial charge in [-0.2, -0.15) is 0 Å². The molecule has 1 unspecified atom stereocenters. The number of carbonyl (C=O) groups excluding carboxylic acids is 1. The Morgan fingerprint density at radius 2 is 2.10 bits per heavy atom. The molecular weight excluding hydrogens is 408 g/mol. The van der Waals surface area contributed by atoms with Crippen LogP contribution in [0, 0.1) is 12.8 Å². The van der Waals surface area contributed by atoms with Gasteiger partial charge in [-0.3, -0.25) is 9.52 Å². The van der Waals surface area contributed by atoms with Crippen LogP contribution in [0.3, 0.4) is 0 Å². The number of aromatic nitrogens is 2. The summed E-state index contributed by atoms with van der Waals surface area (Å²) in [5.41, 5.74) is 7.36. The zero-order chi connectivity index (χ0) is 22.0. The van der Waals surface area contributed by atoms with Gasteiger partial charge >= 0.3 is 0 Å². The van der Waals surface area contributed by atoms with Gasteiger partial charge in [0.25, 0.3) is 5.91 Å². The second-order valence-electron chi connectivity index (χ2n) is 9.10. The molecule has 0 saturated carbocycles. The Kier molecular flexibility index (Phi) is 6.39. The first kappa shape index (κ1) is 21.9. The molecule has 2 aliphatic heterocycles. The van der Waals surface area contributed by atoms with Crippen LogP contribution in [0.5, 0.6) is 0 Å². The molecule has 166 valence electrons. The summed E-state index contributed by atoms with van der Waals surface area (Å²) in [5, 5.41) is 0.756. The topological polar surface area (TPSA) is 87.4 Å². The number of aryl methyl sites for hydroxylation is 1. The van der Waals surface area contributed by atoms with Gasteiger partial charge in [0.15, 0.2) is 0 Å². The predicted octanol–water partition coefficient (Wildman–Crippen LogP) is 3.39. The molecule has 0 aliphatic carbocycles. The molecule has 0 aromatic carbocycles. The fraction of sp³-hybridized carbons (Fsp3) is 0.522.